The molecule has 0 atom stereocenters. The Morgan fingerprint density at radius 3 is 2.36 bits per heavy atom. The minimum atomic E-state index is -3.72. The molecular formula is C16H15ClFN3O3S. The van der Waals surface area contributed by atoms with Gasteiger partial charge >= 0.3 is 0 Å². The molecular weight excluding hydrogens is 369 g/mol. The van der Waals surface area contributed by atoms with Gasteiger partial charge in [0, 0.05) is 5.02 Å². The standard InChI is InChI=1S/C16H15ClFN3O3S/c1-25(23,24)21(15-8-6-14(18)7-9-15)11-16(22)20-19-10-12-2-4-13(17)5-3-12/h2-10H,11H2,1H3,(H,20,22)/b19-10-. The summed E-state index contributed by atoms with van der Waals surface area (Å²) < 4.78 is 37.6. The largest absolute Gasteiger partial charge is 0.271 e. The lowest BCUT2D eigenvalue weighted by molar-refractivity contribution is -0.119. The minimum Gasteiger partial charge on any atom is -0.271 e. The second-order valence-electron chi connectivity index (χ2n) is 5.09. The normalized spacial score (nSPS) is 11.5. The van der Waals surface area contributed by atoms with E-state index >= 15 is 0 Å². The van der Waals surface area contributed by atoms with Gasteiger partial charge < -0.3 is 0 Å². The zero-order valence-electron chi connectivity index (χ0n) is 13.2. The molecule has 0 spiro atoms. The summed E-state index contributed by atoms with van der Waals surface area (Å²) >= 11 is 5.76. The topological polar surface area (TPSA) is 78.8 Å². The lowest BCUT2D eigenvalue weighted by Crippen LogP contribution is -2.39. The Kier molecular flexibility index (Phi) is 6.11. The van der Waals surface area contributed by atoms with Crippen molar-refractivity contribution in [3.63, 3.8) is 0 Å². The third kappa shape index (κ3) is 5.84. The molecule has 0 radical (unpaired) electrons. The maximum atomic E-state index is 13.0. The van der Waals surface area contributed by atoms with Crippen LogP contribution < -0.4 is 9.73 Å². The van der Waals surface area contributed by atoms with E-state index in [0.29, 0.717) is 10.6 Å². The first-order chi connectivity index (χ1) is 11.8. The third-order valence-corrected chi connectivity index (χ3v) is 4.47. The highest BCUT2D eigenvalue weighted by Crippen LogP contribution is 2.17. The predicted molar refractivity (Wildman–Crippen MR) is 95.8 cm³/mol. The molecule has 0 aliphatic rings. The molecule has 0 aromatic heterocycles. The molecule has 1 amide bonds. The molecule has 2 aromatic rings. The SMILES string of the molecule is CS(=O)(=O)N(CC(=O)N/N=C\c1ccc(Cl)cc1)c1ccc(F)cc1. The van der Waals surface area contributed by atoms with Crippen molar-refractivity contribution < 1.29 is 17.6 Å². The van der Waals surface area contributed by atoms with Gasteiger partial charge in [0.15, 0.2) is 0 Å². The Bertz CT molecular complexity index is 869. The number of hydrogen-bond donors (Lipinski definition) is 1. The van der Waals surface area contributed by atoms with Crippen molar-refractivity contribution in [2.24, 2.45) is 5.10 Å². The Hall–Kier alpha value is -2.45. The highest BCUT2D eigenvalue weighted by atomic mass is 35.5. The molecule has 132 valence electrons. The van der Waals surface area contributed by atoms with E-state index in [0.717, 1.165) is 22.7 Å². The molecule has 0 heterocycles. The summed E-state index contributed by atoms with van der Waals surface area (Å²) in [5.74, 6) is -1.14. The van der Waals surface area contributed by atoms with Gasteiger partial charge in [-0.3, -0.25) is 9.10 Å². The zero-order chi connectivity index (χ0) is 18.4. The highest BCUT2D eigenvalue weighted by Gasteiger charge is 2.20. The smallest absolute Gasteiger partial charge is 0.260 e. The van der Waals surface area contributed by atoms with E-state index in [2.05, 4.69) is 10.5 Å². The molecule has 9 heteroatoms. The second kappa shape index (κ2) is 8.09. The van der Waals surface area contributed by atoms with Gasteiger partial charge in [-0.1, -0.05) is 23.7 Å². The minimum absolute atomic E-state index is 0.181. The summed E-state index contributed by atoms with van der Waals surface area (Å²) in [4.78, 5) is 12.0. The summed E-state index contributed by atoms with van der Waals surface area (Å²) in [5.41, 5.74) is 3.14. The molecule has 2 aromatic carbocycles. The fourth-order valence-corrected chi connectivity index (χ4v) is 2.88. The number of benzene rings is 2. The monoisotopic (exact) mass is 383 g/mol. The molecule has 1 N–H and O–H groups in total. The predicted octanol–water partition coefficient (Wildman–Crippen LogP) is 2.40. The van der Waals surface area contributed by atoms with Crippen molar-refractivity contribution in [2.45, 2.75) is 0 Å². The first-order valence-corrected chi connectivity index (χ1v) is 9.29. The van der Waals surface area contributed by atoms with Crippen LogP contribution in [-0.2, 0) is 14.8 Å². The van der Waals surface area contributed by atoms with Crippen LogP contribution in [0.25, 0.3) is 0 Å². The Labute approximate surface area is 150 Å². The quantitative estimate of drug-likeness (QED) is 0.614. The Morgan fingerprint density at radius 1 is 1.20 bits per heavy atom. The molecule has 0 fully saturated rings. The van der Waals surface area contributed by atoms with Gasteiger partial charge in [0.25, 0.3) is 5.91 Å². The summed E-state index contributed by atoms with van der Waals surface area (Å²) in [6.07, 6.45) is 2.36. The number of nitrogens with one attached hydrogen (secondary N) is 1. The van der Waals surface area contributed by atoms with Gasteiger partial charge in [0.2, 0.25) is 10.0 Å². The van der Waals surface area contributed by atoms with Crippen LogP contribution >= 0.6 is 11.6 Å². The molecule has 0 saturated heterocycles. The maximum Gasteiger partial charge on any atom is 0.260 e. The number of nitrogens with zero attached hydrogens (tertiary/aromatic N) is 2. The van der Waals surface area contributed by atoms with E-state index in [1.165, 1.54) is 18.3 Å². The van der Waals surface area contributed by atoms with Crippen LogP contribution in [0.15, 0.2) is 53.6 Å². The van der Waals surface area contributed by atoms with Crippen LogP contribution in [-0.4, -0.2) is 33.3 Å². The number of sulfonamides is 1. The highest BCUT2D eigenvalue weighted by molar-refractivity contribution is 7.92. The van der Waals surface area contributed by atoms with Gasteiger partial charge in [-0.2, -0.15) is 5.10 Å². The third-order valence-electron chi connectivity index (χ3n) is 3.08. The Morgan fingerprint density at radius 2 is 1.80 bits per heavy atom. The number of carbonyl (C=O) groups excluding carboxylic acids is 1. The lowest BCUT2D eigenvalue weighted by atomic mass is 10.2. The van der Waals surface area contributed by atoms with E-state index < -0.39 is 28.3 Å². The molecule has 6 nitrogen and oxygen atoms in total. The molecule has 2 rings (SSSR count). The van der Waals surface area contributed by atoms with Crippen molar-refractivity contribution in [3.8, 4) is 0 Å². The van der Waals surface area contributed by atoms with Crippen molar-refractivity contribution in [2.75, 3.05) is 17.1 Å². The molecule has 0 aliphatic heterocycles. The van der Waals surface area contributed by atoms with Gasteiger partial charge in [-0.25, -0.2) is 18.2 Å². The summed E-state index contributed by atoms with van der Waals surface area (Å²) in [7, 11) is -3.72. The molecule has 0 bridgehead atoms. The summed E-state index contributed by atoms with van der Waals surface area (Å²) in [6, 6.07) is 11.5. The van der Waals surface area contributed by atoms with Gasteiger partial charge in [0.05, 0.1) is 18.2 Å². The van der Waals surface area contributed by atoms with E-state index in [9.17, 15) is 17.6 Å². The van der Waals surface area contributed by atoms with Crippen LogP contribution in [0.5, 0.6) is 0 Å². The first-order valence-electron chi connectivity index (χ1n) is 7.06. The van der Waals surface area contributed by atoms with Gasteiger partial charge in [-0.15, -0.1) is 0 Å². The van der Waals surface area contributed by atoms with E-state index in [4.69, 9.17) is 11.6 Å². The van der Waals surface area contributed by atoms with E-state index in [1.54, 1.807) is 24.3 Å². The van der Waals surface area contributed by atoms with Crippen LogP contribution in [0.4, 0.5) is 10.1 Å². The van der Waals surface area contributed by atoms with Crippen molar-refractivity contribution in [1.82, 2.24) is 5.43 Å². The number of rotatable bonds is 6. The summed E-state index contributed by atoms with van der Waals surface area (Å²) in [5, 5.41) is 4.34. The molecule has 0 saturated carbocycles. The second-order valence-corrected chi connectivity index (χ2v) is 7.43. The van der Waals surface area contributed by atoms with Crippen LogP contribution in [0.2, 0.25) is 5.02 Å². The molecule has 0 unspecified atom stereocenters. The number of halogens is 2. The fourth-order valence-electron chi connectivity index (χ4n) is 1.90. The average Bonchev–Trinajstić information content (AvgIpc) is 2.54. The van der Waals surface area contributed by atoms with Gasteiger partial charge in [0.1, 0.15) is 12.4 Å². The van der Waals surface area contributed by atoms with E-state index in [-0.39, 0.29) is 5.69 Å². The maximum absolute atomic E-state index is 13.0. The van der Waals surface area contributed by atoms with Crippen molar-refractivity contribution in [1.29, 1.82) is 0 Å². The lowest BCUT2D eigenvalue weighted by Gasteiger charge is -2.21. The first kappa shape index (κ1) is 18.9. The number of amides is 1. The molecule has 25 heavy (non-hydrogen) atoms. The average molecular weight is 384 g/mol. The zero-order valence-corrected chi connectivity index (χ0v) is 14.8. The van der Waals surface area contributed by atoms with E-state index in [1.807, 2.05) is 0 Å². The van der Waals surface area contributed by atoms with Crippen molar-refractivity contribution in [3.05, 3.63) is 64.9 Å². The van der Waals surface area contributed by atoms with Crippen LogP contribution in [0.1, 0.15) is 5.56 Å². The van der Waals surface area contributed by atoms with Crippen molar-refractivity contribution >= 4 is 39.4 Å². The molecule has 0 aliphatic carbocycles. The number of hydrazone groups is 1. The van der Waals surface area contributed by atoms with Crippen LogP contribution in [0, 0.1) is 5.82 Å². The number of anilines is 1. The fraction of sp³-hybridized carbons (Fsp3) is 0.125. The number of hydrogen-bond acceptors (Lipinski definition) is 4. The number of carbonyl (C=O) groups is 1. The van der Waals surface area contributed by atoms with Gasteiger partial charge in [-0.05, 0) is 42.0 Å². The Balaban J connectivity index is 2.04. The summed E-state index contributed by atoms with van der Waals surface area (Å²) in [6.45, 7) is -0.484. The van der Waals surface area contributed by atoms with Crippen LogP contribution in [0.3, 0.4) is 0 Å².